The molecule has 1 aromatic carbocycles. The molecule has 1 aliphatic carbocycles. The number of halogens is 2. The summed E-state index contributed by atoms with van der Waals surface area (Å²) in [7, 11) is 0. The summed E-state index contributed by atoms with van der Waals surface area (Å²) in [6.07, 6.45) is 1.76. The van der Waals surface area contributed by atoms with E-state index in [4.69, 9.17) is 23.2 Å². The van der Waals surface area contributed by atoms with Crippen LogP contribution in [0.15, 0.2) is 28.8 Å². The lowest BCUT2D eigenvalue weighted by Gasteiger charge is -2.10. The minimum Gasteiger partial charge on any atom is -0.326 e. The third-order valence-corrected chi connectivity index (χ3v) is 4.40. The zero-order valence-corrected chi connectivity index (χ0v) is 13.6. The molecule has 1 saturated carbocycles. The van der Waals surface area contributed by atoms with E-state index in [9.17, 15) is 4.79 Å². The maximum absolute atomic E-state index is 12.4. The Bertz CT molecular complexity index is 574. The Kier molecular flexibility index (Phi) is 4.17. The van der Waals surface area contributed by atoms with Crippen LogP contribution in [-0.2, 0) is 4.79 Å². The lowest BCUT2D eigenvalue weighted by molar-refractivity contribution is -0.118. The highest BCUT2D eigenvalue weighted by atomic mass is 35.5. The van der Waals surface area contributed by atoms with Gasteiger partial charge in [-0.3, -0.25) is 4.79 Å². The summed E-state index contributed by atoms with van der Waals surface area (Å²) in [5.41, 5.74) is 2.96. The van der Waals surface area contributed by atoms with Gasteiger partial charge in [0.2, 0.25) is 5.91 Å². The molecule has 2 atom stereocenters. The fourth-order valence-electron chi connectivity index (χ4n) is 2.71. The summed E-state index contributed by atoms with van der Waals surface area (Å²) in [6.45, 7) is 8.10. The first-order chi connectivity index (χ1) is 9.23. The summed E-state index contributed by atoms with van der Waals surface area (Å²) in [4.78, 5) is 12.4. The highest BCUT2D eigenvalue weighted by Crippen LogP contribution is 2.60. The van der Waals surface area contributed by atoms with E-state index >= 15 is 0 Å². The van der Waals surface area contributed by atoms with Crippen molar-refractivity contribution in [1.29, 1.82) is 0 Å². The number of hydrogen-bond donors (Lipinski definition) is 1. The Labute approximate surface area is 130 Å². The summed E-state index contributed by atoms with van der Waals surface area (Å²) < 4.78 is 0.227. The Morgan fingerprint density at radius 2 is 1.95 bits per heavy atom. The molecule has 0 bridgehead atoms. The predicted octanol–water partition coefficient (Wildman–Crippen LogP) is 4.83. The van der Waals surface area contributed by atoms with Crippen molar-refractivity contribution in [2.75, 3.05) is 5.32 Å². The van der Waals surface area contributed by atoms with Gasteiger partial charge in [0.15, 0.2) is 0 Å². The number of benzene rings is 1. The van der Waals surface area contributed by atoms with Gasteiger partial charge in [-0.15, -0.1) is 0 Å². The third kappa shape index (κ3) is 3.02. The molecular formula is C16H19Cl2NO. The molecule has 1 N–H and O–H groups in total. The molecule has 1 aromatic rings. The zero-order chi connectivity index (χ0) is 15.1. The van der Waals surface area contributed by atoms with Crippen molar-refractivity contribution in [2.24, 2.45) is 17.3 Å². The van der Waals surface area contributed by atoms with Crippen molar-refractivity contribution in [3.63, 3.8) is 0 Å². The topological polar surface area (TPSA) is 29.1 Å². The van der Waals surface area contributed by atoms with Crippen molar-refractivity contribution < 1.29 is 4.79 Å². The number of rotatable bonds is 3. The van der Waals surface area contributed by atoms with Gasteiger partial charge in [0.1, 0.15) is 4.49 Å². The number of carbonyl (C=O) groups is 1. The van der Waals surface area contributed by atoms with Gasteiger partial charge >= 0.3 is 0 Å². The Morgan fingerprint density at radius 3 is 2.55 bits per heavy atom. The normalized spacial score (nSPS) is 23.1. The van der Waals surface area contributed by atoms with Gasteiger partial charge < -0.3 is 5.32 Å². The number of allylic oxidation sites excluding steroid dienone is 1. The molecule has 0 radical (unpaired) electrons. The van der Waals surface area contributed by atoms with Crippen LogP contribution in [-0.4, -0.2) is 5.91 Å². The Morgan fingerprint density at radius 1 is 1.30 bits per heavy atom. The van der Waals surface area contributed by atoms with Crippen LogP contribution in [0.25, 0.3) is 0 Å². The largest absolute Gasteiger partial charge is 0.326 e. The molecule has 1 fully saturated rings. The maximum Gasteiger partial charge on any atom is 0.228 e. The van der Waals surface area contributed by atoms with Crippen molar-refractivity contribution in [1.82, 2.24) is 0 Å². The van der Waals surface area contributed by atoms with Crippen molar-refractivity contribution >= 4 is 34.8 Å². The van der Waals surface area contributed by atoms with E-state index in [0.717, 1.165) is 16.8 Å². The quantitative estimate of drug-likeness (QED) is 0.850. The molecule has 1 aliphatic rings. The molecule has 2 rings (SSSR count). The molecule has 4 heteroatoms. The number of amides is 1. The van der Waals surface area contributed by atoms with E-state index in [-0.39, 0.29) is 27.6 Å². The second-order valence-corrected chi connectivity index (χ2v) is 7.10. The van der Waals surface area contributed by atoms with Crippen LogP contribution in [0.5, 0.6) is 0 Å². The first-order valence-corrected chi connectivity index (χ1v) is 7.40. The third-order valence-electron chi connectivity index (χ3n) is 4.15. The molecule has 0 heterocycles. The maximum atomic E-state index is 12.4. The smallest absolute Gasteiger partial charge is 0.228 e. The average Bonchev–Trinajstić information content (AvgIpc) is 2.84. The van der Waals surface area contributed by atoms with E-state index in [1.807, 2.05) is 32.0 Å². The number of anilines is 1. The van der Waals surface area contributed by atoms with Crippen LogP contribution in [0.2, 0.25) is 0 Å². The minimum atomic E-state index is -0.100. The highest BCUT2D eigenvalue weighted by molar-refractivity contribution is 6.55. The first kappa shape index (κ1) is 15.4. The van der Waals surface area contributed by atoms with Crippen molar-refractivity contribution in [3.05, 3.63) is 39.9 Å². The van der Waals surface area contributed by atoms with Crippen LogP contribution >= 0.6 is 23.2 Å². The molecule has 0 aliphatic heterocycles. The van der Waals surface area contributed by atoms with Gasteiger partial charge in [-0.2, -0.15) is 0 Å². The van der Waals surface area contributed by atoms with Gasteiger partial charge in [-0.05, 0) is 48.4 Å². The fraction of sp³-hybridized carbons (Fsp3) is 0.438. The predicted molar refractivity (Wildman–Crippen MR) is 85.1 cm³/mol. The molecule has 108 valence electrons. The average molecular weight is 312 g/mol. The standard InChI is InChI=1S/C16H19Cl2NO/c1-9-5-6-10(2)12(7-9)19-15(20)14-11(8-13(17)18)16(14,3)4/h5-8,11,14H,1-4H3,(H,19,20)/t11-,14-/m1/s1. The highest BCUT2D eigenvalue weighted by Gasteiger charge is 2.60. The van der Waals surface area contributed by atoms with Crippen LogP contribution in [0, 0.1) is 31.1 Å². The summed E-state index contributed by atoms with van der Waals surface area (Å²) in [5, 5.41) is 3.02. The molecule has 1 amide bonds. The minimum absolute atomic E-state index is 0.0273. The second kappa shape index (κ2) is 5.42. The van der Waals surface area contributed by atoms with Crippen LogP contribution < -0.4 is 5.32 Å². The van der Waals surface area contributed by atoms with E-state index in [1.165, 1.54) is 0 Å². The number of aryl methyl sites for hydroxylation is 2. The summed E-state index contributed by atoms with van der Waals surface area (Å²) >= 11 is 11.4. The molecule has 0 saturated heterocycles. The Balaban J connectivity index is 2.14. The van der Waals surface area contributed by atoms with Crippen LogP contribution in [0.1, 0.15) is 25.0 Å². The fourth-order valence-corrected chi connectivity index (χ4v) is 2.98. The van der Waals surface area contributed by atoms with Gasteiger partial charge in [-0.25, -0.2) is 0 Å². The summed E-state index contributed by atoms with van der Waals surface area (Å²) in [6, 6.07) is 6.03. The number of hydrogen-bond acceptors (Lipinski definition) is 1. The number of nitrogens with one attached hydrogen (secondary N) is 1. The molecule has 0 aromatic heterocycles. The van der Waals surface area contributed by atoms with E-state index in [2.05, 4.69) is 19.2 Å². The van der Waals surface area contributed by atoms with Gasteiger partial charge in [-0.1, -0.05) is 49.2 Å². The van der Waals surface area contributed by atoms with Crippen molar-refractivity contribution in [3.8, 4) is 0 Å². The lowest BCUT2D eigenvalue weighted by Crippen LogP contribution is -2.17. The van der Waals surface area contributed by atoms with Crippen LogP contribution in [0.4, 0.5) is 5.69 Å². The molecule has 0 unspecified atom stereocenters. The Hall–Kier alpha value is -0.990. The summed E-state index contributed by atoms with van der Waals surface area (Å²) in [5.74, 6) is 0.0343. The van der Waals surface area contributed by atoms with E-state index in [1.54, 1.807) is 6.08 Å². The zero-order valence-electron chi connectivity index (χ0n) is 12.1. The van der Waals surface area contributed by atoms with Crippen LogP contribution in [0.3, 0.4) is 0 Å². The second-order valence-electron chi connectivity index (χ2n) is 6.09. The molecule has 20 heavy (non-hydrogen) atoms. The molecule has 0 spiro atoms. The van der Waals surface area contributed by atoms with Gasteiger partial charge in [0.25, 0.3) is 0 Å². The van der Waals surface area contributed by atoms with Crippen molar-refractivity contribution in [2.45, 2.75) is 27.7 Å². The molecular weight excluding hydrogens is 293 g/mol. The van der Waals surface area contributed by atoms with Gasteiger partial charge in [0.05, 0.1) is 5.92 Å². The SMILES string of the molecule is Cc1ccc(C)c(NC(=O)[C@H]2[C@@H](C=C(Cl)Cl)C2(C)C)c1. The number of carbonyl (C=O) groups excluding carboxylic acids is 1. The first-order valence-electron chi connectivity index (χ1n) is 6.64. The molecule has 2 nitrogen and oxygen atoms in total. The lowest BCUT2D eigenvalue weighted by atomic mass is 10.1. The monoisotopic (exact) mass is 311 g/mol. The van der Waals surface area contributed by atoms with Gasteiger partial charge in [0, 0.05) is 5.69 Å². The van der Waals surface area contributed by atoms with E-state index in [0.29, 0.717) is 0 Å². The van der Waals surface area contributed by atoms with E-state index < -0.39 is 0 Å².